The predicted octanol–water partition coefficient (Wildman–Crippen LogP) is 9.00. The van der Waals surface area contributed by atoms with Gasteiger partial charge < -0.3 is 39.4 Å². The molecule has 0 radical (unpaired) electrons. The second-order valence-electron chi connectivity index (χ2n) is 14.5. The van der Waals surface area contributed by atoms with E-state index in [4.69, 9.17) is 88.6 Å². The van der Waals surface area contributed by atoms with E-state index in [2.05, 4.69) is 32.6 Å². The molecule has 0 aromatic heterocycles. The number of carbonyl (C=O) groups excluding carboxylic acids is 2. The zero-order chi connectivity index (χ0) is 42.3. The molecular weight excluding hydrogens is 893 g/mol. The lowest BCUT2D eigenvalue weighted by molar-refractivity contribution is -0.121. The highest BCUT2D eigenvalue weighted by Gasteiger charge is 2.42. The Hall–Kier alpha value is -3.58. The number of amides is 2. The highest BCUT2D eigenvalue weighted by atomic mass is 35.6. The summed E-state index contributed by atoms with van der Waals surface area (Å²) in [5.41, 5.74) is 6.79. The largest absolute Gasteiger partial charge is 0.462 e. The third kappa shape index (κ3) is 11.3. The number of morpholine rings is 2. The number of hydrogen-bond acceptors (Lipinski definition) is 8. The van der Waals surface area contributed by atoms with Crippen molar-refractivity contribution in [3.8, 4) is 11.5 Å². The number of para-hydroxylation sites is 2. The first-order valence-electron chi connectivity index (χ1n) is 19.7. The molecule has 16 heteroatoms. The lowest BCUT2D eigenvalue weighted by atomic mass is 10.1. The van der Waals surface area contributed by atoms with Gasteiger partial charge in [0.25, 0.3) is 11.8 Å². The predicted molar refractivity (Wildman–Crippen MR) is 238 cm³/mol. The quantitative estimate of drug-likeness (QED) is 0.137. The Morgan fingerprint density at radius 2 is 0.900 bits per heavy atom. The van der Waals surface area contributed by atoms with E-state index in [0.717, 1.165) is 33.7 Å². The molecule has 2 saturated heterocycles. The Morgan fingerprint density at radius 3 is 1.25 bits per heavy atom. The van der Waals surface area contributed by atoms with Gasteiger partial charge in [0, 0.05) is 48.7 Å². The highest BCUT2D eigenvalue weighted by Crippen LogP contribution is 2.41. The van der Waals surface area contributed by atoms with Gasteiger partial charge in [0.2, 0.25) is 20.0 Å². The van der Waals surface area contributed by atoms with E-state index in [1.807, 2.05) is 60.7 Å². The average molecular weight is 938 g/mol. The van der Waals surface area contributed by atoms with Crippen LogP contribution in [0.4, 0.5) is 0 Å². The van der Waals surface area contributed by atoms with Gasteiger partial charge in [-0.2, -0.15) is 0 Å². The zero-order valence-corrected chi connectivity index (χ0v) is 37.0. The molecule has 2 amide bonds. The number of carbonyl (C=O) groups is 2. The van der Waals surface area contributed by atoms with Crippen molar-refractivity contribution in [2.75, 3.05) is 52.6 Å². The molecule has 0 bridgehead atoms. The number of alkyl halides is 6. The van der Waals surface area contributed by atoms with Gasteiger partial charge in [-0.05, 0) is 72.2 Å². The first kappa shape index (κ1) is 44.5. The summed E-state index contributed by atoms with van der Waals surface area (Å²) in [5.74, 6) is -0.835. The molecule has 0 saturated carbocycles. The third-order valence-electron chi connectivity index (χ3n) is 10.4. The maximum absolute atomic E-state index is 14.2. The minimum atomic E-state index is -2.15. The molecule has 0 spiro atoms. The Bertz CT molecular complexity index is 1970. The number of hydrogen-bond donors (Lipinski definition) is 2. The van der Waals surface area contributed by atoms with Crippen LogP contribution in [-0.4, -0.2) is 94.3 Å². The molecule has 3 aromatic carbocycles. The molecule has 3 aromatic rings. The Balaban J connectivity index is 1.13. The highest BCUT2D eigenvalue weighted by molar-refractivity contribution is 6.68. The number of ether oxygens (including phenoxy) is 4. The van der Waals surface area contributed by atoms with E-state index < -0.39 is 31.9 Å². The molecule has 0 unspecified atom stereocenters. The van der Waals surface area contributed by atoms with E-state index in [1.54, 1.807) is 24.3 Å². The fraction of sp³-hybridized carbons (Fsp3) is 0.364. The SMILES string of the molecule is O=C(N[C@H](Oc1ccccc1O[C@H](NC(=O)C1=C(N2CCOCC2)/C(=C/c2ccccc2)CC1)C(Cl)(Cl)Cl)C(Cl)(Cl)Cl)C1=C(N2CCOCC2)/C(=C/c2ccccc2)CC1. The summed E-state index contributed by atoms with van der Waals surface area (Å²) in [6, 6.07) is 26.3. The summed E-state index contributed by atoms with van der Waals surface area (Å²) in [6.07, 6.45) is 3.37. The van der Waals surface area contributed by atoms with Crippen LogP contribution in [0.3, 0.4) is 0 Å². The lowest BCUT2D eigenvalue weighted by Gasteiger charge is -2.33. The Kier molecular flexibility index (Phi) is 14.9. The van der Waals surface area contributed by atoms with Gasteiger partial charge in [-0.25, -0.2) is 0 Å². The summed E-state index contributed by atoms with van der Waals surface area (Å²) >= 11 is 38.9. The van der Waals surface area contributed by atoms with E-state index in [-0.39, 0.29) is 11.5 Å². The van der Waals surface area contributed by atoms with Crippen molar-refractivity contribution in [3.63, 3.8) is 0 Å². The molecule has 2 aliphatic carbocycles. The van der Waals surface area contributed by atoms with Gasteiger partial charge in [-0.15, -0.1) is 0 Å². The average Bonchev–Trinajstić information content (AvgIpc) is 3.86. The summed E-state index contributed by atoms with van der Waals surface area (Å²) in [4.78, 5) is 32.7. The van der Waals surface area contributed by atoms with Crippen molar-refractivity contribution in [1.82, 2.24) is 20.4 Å². The lowest BCUT2D eigenvalue weighted by Crippen LogP contribution is -2.49. The van der Waals surface area contributed by atoms with E-state index >= 15 is 0 Å². The van der Waals surface area contributed by atoms with E-state index in [9.17, 15) is 9.59 Å². The molecule has 10 nitrogen and oxygen atoms in total. The summed E-state index contributed by atoms with van der Waals surface area (Å²) < 4.78 is 19.4. The third-order valence-corrected chi connectivity index (χ3v) is 11.6. The van der Waals surface area contributed by atoms with Crippen LogP contribution in [0.15, 0.2) is 119 Å². The number of benzene rings is 3. The van der Waals surface area contributed by atoms with Crippen molar-refractivity contribution in [2.45, 2.75) is 45.7 Å². The van der Waals surface area contributed by atoms with Crippen molar-refractivity contribution < 1.29 is 28.5 Å². The fourth-order valence-electron chi connectivity index (χ4n) is 7.63. The second kappa shape index (κ2) is 20.1. The molecule has 2 aliphatic heterocycles. The van der Waals surface area contributed by atoms with Crippen molar-refractivity contribution >= 4 is 93.6 Å². The molecule has 2 atom stereocenters. The Morgan fingerprint density at radius 1 is 0.550 bits per heavy atom. The van der Waals surface area contributed by atoms with Crippen LogP contribution in [0.1, 0.15) is 36.8 Å². The number of nitrogens with one attached hydrogen (secondary N) is 2. The van der Waals surface area contributed by atoms with Gasteiger partial charge in [0.15, 0.2) is 11.5 Å². The fourth-order valence-corrected chi connectivity index (χ4v) is 8.23. The van der Waals surface area contributed by atoms with Gasteiger partial charge in [-0.1, -0.05) is 142 Å². The molecule has 4 aliphatic rings. The monoisotopic (exact) mass is 934 g/mol. The molecule has 60 heavy (non-hydrogen) atoms. The minimum Gasteiger partial charge on any atom is -0.462 e. The van der Waals surface area contributed by atoms with E-state index in [0.29, 0.717) is 89.4 Å². The van der Waals surface area contributed by atoms with Gasteiger partial charge >= 0.3 is 0 Å². The van der Waals surface area contributed by atoms with Crippen LogP contribution in [0.5, 0.6) is 11.5 Å². The summed E-state index contributed by atoms with van der Waals surface area (Å²) in [7, 11) is 0. The molecule has 2 heterocycles. The summed E-state index contributed by atoms with van der Waals surface area (Å²) in [5, 5.41) is 5.62. The first-order valence-corrected chi connectivity index (χ1v) is 21.9. The van der Waals surface area contributed by atoms with Crippen molar-refractivity contribution in [2.24, 2.45) is 0 Å². The van der Waals surface area contributed by atoms with Gasteiger partial charge in [-0.3, -0.25) is 9.59 Å². The minimum absolute atomic E-state index is 0.0447. The van der Waals surface area contributed by atoms with Crippen molar-refractivity contribution in [1.29, 1.82) is 0 Å². The molecule has 2 N–H and O–H groups in total. The van der Waals surface area contributed by atoms with Crippen LogP contribution < -0.4 is 20.1 Å². The molecule has 2 fully saturated rings. The van der Waals surface area contributed by atoms with Crippen LogP contribution in [0, 0.1) is 0 Å². The molecule has 318 valence electrons. The standard InChI is InChI=1S/C44H44Cl6N4O6/c45-43(46,47)41(51-39(55)33-17-15-31(27-29-9-3-1-4-10-29)37(33)53-19-23-57-24-20-53)59-35-13-7-8-14-36(35)60-42(44(48,49)50)52-40(56)34-18-16-32(28-30-11-5-2-6-12-30)38(34)54-21-25-58-26-22-54/h1-14,27-28,41-42H,15-26H2,(H,51,55)(H,52,56)/b31-27+,32-28+/t41-,42+. The molecule has 7 rings (SSSR count). The van der Waals surface area contributed by atoms with Crippen LogP contribution in [-0.2, 0) is 19.1 Å². The second-order valence-corrected chi connectivity index (χ2v) is 19.2. The number of halogens is 6. The maximum Gasteiger partial charge on any atom is 0.252 e. The van der Waals surface area contributed by atoms with Gasteiger partial charge in [0.1, 0.15) is 0 Å². The van der Waals surface area contributed by atoms with Crippen LogP contribution in [0.25, 0.3) is 12.2 Å². The molecular formula is C44H44Cl6N4O6. The normalized spacial score (nSPS) is 20.1. The van der Waals surface area contributed by atoms with Crippen LogP contribution >= 0.6 is 69.6 Å². The Labute approximate surface area is 379 Å². The topological polar surface area (TPSA) is 102 Å². The number of nitrogens with zero attached hydrogens (tertiary/aromatic N) is 2. The zero-order valence-electron chi connectivity index (χ0n) is 32.5. The van der Waals surface area contributed by atoms with Crippen molar-refractivity contribution in [3.05, 3.63) is 130 Å². The maximum atomic E-state index is 14.2. The number of rotatable bonds is 12. The number of allylic oxidation sites excluding steroid dienone is 2. The smallest absolute Gasteiger partial charge is 0.252 e. The van der Waals surface area contributed by atoms with E-state index in [1.165, 1.54) is 0 Å². The van der Waals surface area contributed by atoms with Gasteiger partial charge in [0.05, 0.1) is 26.4 Å². The van der Waals surface area contributed by atoms with Crippen LogP contribution in [0.2, 0.25) is 0 Å². The first-order chi connectivity index (χ1) is 28.8. The summed E-state index contributed by atoms with van der Waals surface area (Å²) in [6.45, 7) is 4.59.